The first-order chi connectivity index (χ1) is 11.3. The summed E-state index contributed by atoms with van der Waals surface area (Å²) < 4.78 is 0. The van der Waals surface area contributed by atoms with E-state index in [1.54, 1.807) is 19.0 Å². The number of nitrogens with one attached hydrogen (secondary N) is 2. The van der Waals surface area contributed by atoms with Crippen molar-refractivity contribution in [2.24, 2.45) is 4.99 Å². The zero-order valence-electron chi connectivity index (χ0n) is 16.5. The minimum absolute atomic E-state index is 0.0133. The van der Waals surface area contributed by atoms with Crippen LogP contribution in [0.2, 0.25) is 0 Å². The molecular formula is C18H37N5O. The molecule has 0 aromatic heterocycles. The van der Waals surface area contributed by atoms with Crippen LogP contribution in [0.4, 0.5) is 0 Å². The highest BCUT2D eigenvalue weighted by Crippen LogP contribution is 2.00. The van der Waals surface area contributed by atoms with Gasteiger partial charge in [-0.2, -0.15) is 0 Å². The van der Waals surface area contributed by atoms with Gasteiger partial charge < -0.3 is 20.4 Å². The van der Waals surface area contributed by atoms with Crippen LogP contribution in [0.15, 0.2) is 17.1 Å². The molecule has 0 heterocycles. The van der Waals surface area contributed by atoms with E-state index in [9.17, 15) is 4.79 Å². The fraction of sp³-hybridized carbons (Fsp3) is 0.778. The number of amides is 1. The zero-order chi connectivity index (χ0) is 18.5. The Morgan fingerprint density at radius 2 is 1.88 bits per heavy atom. The number of carbonyl (C=O) groups excluding carboxylic acids is 1. The van der Waals surface area contributed by atoms with Gasteiger partial charge in [-0.3, -0.25) is 4.79 Å². The Morgan fingerprint density at radius 1 is 1.25 bits per heavy atom. The second kappa shape index (κ2) is 12.8. The highest BCUT2D eigenvalue weighted by atomic mass is 16.2. The van der Waals surface area contributed by atoms with Gasteiger partial charge in [0.1, 0.15) is 6.54 Å². The zero-order valence-corrected chi connectivity index (χ0v) is 16.5. The van der Waals surface area contributed by atoms with Gasteiger partial charge in [-0.05, 0) is 46.3 Å². The molecule has 0 rings (SSSR count). The first-order valence-electron chi connectivity index (χ1n) is 8.91. The molecule has 1 unspecified atom stereocenters. The van der Waals surface area contributed by atoms with E-state index in [4.69, 9.17) is 0 Å². The van der Waals surface area contributed by atoms with Crippen molar-refractivity contribution in [2.45, 2.75) is 46.6 Å². The van der Waals surface area contributed by atoms with Crippen molar-refractivity contribution in [3.05, 3.63) is 12.2 Å². The highest BCUT2D eigenvalue weighted by molar-refractivity contribution is 5.85. The number of nitrogens with zero attached hydrogens (tertiary/aromatic N) is 3. The lowest BCUT2D eigenvalue weighted by Gasteiger charge is -2.21. The summed E-state index contributed by atoms with van der Waals surface area (Å²) in [5, 5.41) is 6.61. The minimum Gasteiger partial charge on any atom is -0.354 e. The summed E-state index contributed by atoms with van der Waals surface area (Å²) in [5.74, 6) is 0.657. The van der Waals surface area contributed by atoms with Crippen LogP contribution in [0.5, 0.6) is 0 Å². The lowest BCUT2D eigenvalue weighted by atomic mass is 10.2. The molecule has 0 aliphatic rings. The highest BCUT2D eigenvalue weighted by Gasteiger charge is 2.08. The third-order valence-corrected chi connectivity index (χ3v) is 3.82. The molecule has 2 N–H and O–H groups in total. The van der Waals surface area contributed by atoms with E-state index in [0.717, 1.165) is 38.0 Å². The van der Waals surface area contributed by atoms with E-state index >= 15 is 0 Å². The Kier molecular flexibility index (Phi) is 12.0. The van der Waals surface area contributed by atoms with Crippen molar-refractivity contribution in [2.75, 3.05) is 46.8 Å². The fourth-order valence-electron chi connectivity index (χ4n) is 2.14. The van der Waals surface area contributed by atoms with E-state index in [2.05, 4.69) is 47.9 Å². The Bertz CT molecular complexity index is 402. The first-order valence-corrected chi connectivity index (χ1v) is 8.91. The molecule has 0 aliphatic heterocycles. The van der Waals surface area contributed by atoms with Crippen LogP contribution in [0, 0.1) is 0 Å². The molecule has 24 heavy (non-hydrogen) atoms. The molecule has 1 amide bonds. The Balaban J connectivity index is 4.48. The Hall–Kier alpha value is -1.56. The molecule has 0 saturated carbocycles. The Labute approximate surface area is 148 Å². The maximum absolute atomic E-state index is 11.7. The third kappa shape index (κ3) is 11.0. The molecule has 0 spiro atoms. The number of guanidine groups is 1. The van der Waals surface area contributed by atoms with E-state index in [1.807, 2.05) is 6.92 Å². The molecule has 1 atom stereocenters. The van der Waals surface area contributed by atoms with Crippen molar-refractivity contribution in [3.63, 3.8) is 0 Å². The van der Waals surface area contributed by atoms with Crippen LogP contribution in [-0.4, -0.2) is 74.5 Å². The van der Waals surface area contributed by atoms with Crippen molar-refractivity contribution in [3.8, 4) is 0 Å². The largest absolute Gasteiger partial charge is 0.354 e. The van der Waals surface area contributed by atoms with Crippen LogP contribution >= 0.6 is 0 Å². The number of aliphatic imine (C=N–C) groups is 1. The van der Waals surface area contributed by atoms with Gasteiger partial charge in [0, 0.05) is 26.7 Å². The van der Waals surface area contributed by atoms with Crippen LogP contribution in [0.1, 0.15) is 40.5 Å². The van der Waals surface area contributed by atoms with E-state index in [0.29, 0.717) is 18.5 Å². The summed E-state index contributed by atoms with van der Waals surface area (Å²) in [6.07, 6.45) is 2.20. The second-order valence-electron chi connectivity index (χ2n) is 6.48. The molecule has 0 aromatic rings. The van der Waals surface area contributed by atoms with Gasteiger partial charge >= 0.3 is 0 Å². The van der Waals surface area contributed by atoms with Crippen molar-refractivity contribution in [1.82, 2.24) is 20.4 Å². The van der Waals surface area contributed by atoms with Crippen LogP contribution in [0.25, 0.3) is 0 Å². The first kappa shape index (κ1) is 22.4. The summed E-state index contributed by atoms with van der Waals surface area (Å²) in [6, 6.07) is 0.298. The number of carbonyl (C=O) groups is 1. The van der Waals surface area contributed by atoms with Gasteiger partial charge in [0.15, 0.2) is 5.96 Å². The Morgan fingerprint density at radius 3 is 2.38 bits per heavy atom. The number of hydrogen-bond donors (Lipinski definition) is 2. The van der Waals surface area contributed by atoms with E-state index in [1.165, 1.54) is 0 Å². The lowest BCUT2D eigenvalue weighted by molar-refractivity contribution is -0.127. The average molecular weight is 340 g/mol. The summed E-state index contributed by atoms with van der Waals surface area (Å²) in [6.45, 7) is 16.5. The molecule has 140 valence electrons. The quantitative estimate of drug-likeness (QED) is 0.342. The molecule has 6 nitrogen and oxygen atoms in total. The summed E-state index contributed by atoms with van der Waals surface area (Å²) in [7, 11) is 3.48. The van der Waals surface area contributed by atoms with Crippen molar-refractivity contribution < 1.29 is 4.79 Å². The maximum atomic E-state index is 11.7. The SMILES string of the molecule is C=C(C)CNC(=NCC(=O)N(C)C)NC(C)CCCN(CC)CC. The van der Waals surface area contributed by atoms with Gasteiger partial charge in [0.2, 0.25) is 5.91 Å². The smallest absolute Gasteiger partial charge is 0.243 e. The van der Waals surface area contributed by atoms with Crippen molar-refractivity contribution >= 4 is 11.9 Å². The van der Waals surface area contributed by atoms with Crippen LogP contribution < -0.4 is 10.6 Å². The predicted molar refractivity (Wildman–Crippen MR) is 103 cm³/mol. The number of rotatable bonds is 11. The monoisotopic (exact) mass is 339 g/mol. The van der Waals surface area contributed by atoms with Gasteiger partial charge in [-0.25, -0.2) is 4.99 Å². The van der Waals surface area contributed by atoms with E-state index in [-0.39, 0.29) is 12.5 Å². The van der Waals surface area contributed by atoms with Gasteiger partial charge in [0.05, 0.1) is 0 Å². The summed E-state index contributed by atoms with van der Waals surface area (Å²) in [5.41, 5.74) is 1.03. The van der Waals surface area contributed by atoms with Crippen LogP contribution in [0.3, 0.4) is 0 Å². The maximum Gasteiger partial charge on any atom is 0.243 e. The molecule has 0 bridgehead atoms. The minimum atomic E-state index is -0.0133. The standard InChI is InChI=1S/C18H37N5O/c1-8-23(9-2)12-10-11-16(5)21-18(19-13-15(3)4)20-14-17(24)22(6)7/h16H,3,8-14H2,1-2,4-7H3,(H2,19,20,21). The normalized spacial score (nSPS) is 12.9. The summed E-state index contributed by atoms with van der Waals surface area (Å²) >= 11 is 0. The number of likely N-dealkylation sites (N-methyl/N-ethyl adjacent to an activating group) is 1. The van der Waals surface area contributed by atoms with Gasteiger partial charge in [0.25, 0.3) is 0 Å². The fourth-order valence-corrected chi connectivity index (χ4v) is 2.14. The second-order valence-corrected chi connectivity index (χ2v) is 6.48. The number of hydrogen-bond acceptors (Lipinski definition) is 3. The topological polar surface area (TPSA) is 60.0 Å². The van der Waals surface area contributed by atoms with Crippen molar-refractivity contribution in [1.29, 1.82) is 0 Å². The molecule has 0 aromatic carbocycles. The molecule has 0 fully saturated rings. The van der Waals surface area contributed by atoms with Gasteiger partial charge in [-0.15, -0.1) is 0 Å². The van der Waals surface area contributed by atoms with Gasteiger partial charge in [-0.1, -0.05) is 26.0 Å². The third-order valence-electron chi connectivity index (χ3n) is 3.82. The lowest BCUT2D eigenvalue weighted by Crippen LogP contribution is -2.43. The average Bonchev–Trinajstić information content (AvgIpc) is 2.53. The molecular weight excluding hydrogens is 302 g/mol. The predicted octanol–water partition coefficient (Wildman–Crippen LogP) is 1.70. The molecule has 6 heteroatoms. The van der Waals surface area contributed by atoms with E-state index < -0.39 is 0 Å². The molecule has 0 radical (unpaired) electrons. The summed E-state index contributed by atoms with van der Waals surface area (Å²) in [4.78, 5) is 20.1. The van der Waals surface area contributed by atoms with Crippen LogP contribution in [-0.2, 0) is 4.79 Å². The molecule has 0 saturated heterocycles. The molecule has 0 aliphatic carbocycles.